The number of thiophene rings is 1. The summed E-state index contributed by atoms with van der Waals surface area (Å²) in [5.41, 5.74) is 2.31. The van der Waals surface area contributed by atoms with E-state index in [1.165, 1.54) is 16.9 Å². The predicted octanol–water partition coefficient (Wildman–Crippen LogP) is 3.48. The van der Waals surface area contributed by atoms with Crippen molar-refractivity contribution in [3.8, 4) is 6.07 Å². The molecule has 0 spiro atoms. The molecule has 0 radical (unpaired) electrons. The largest absolute Gasteiger partial charge is 0.380 e. The number of imidazole rings is 1. The molecule has 0 unspecified atom stereocenters. The Kier molecular flexibility index (Phi) is 3.99. The Morgan fingerprint density at radius 3 is 3.00 bits per heavy atom. The second-order valence-electron chi connectivity index (χ2n) is 4.67. The molecule has 104 valence electrons. The fourth-order valence-electron chi connectivity index (χ4n) is 2.09. The number of benzene rings is 1. The van der Waals surface area contributed by atoms with Gasteiger partial charge in [0.25, 0.3) is 0 Å². The zero-order valence-corrected chi connectivity index (χ0v) is 12.2. The van der Waals surface area contributed by atoms with Crippen molar-refractivity contribution in [2.75, 3.05) is 5.32 Å². The fraction of sp³-hybridized carbons (Fsp3) is 0.125. The third-order valence-corrected chi connectivity index (χ3v) is 4.08. The van der Waals surface area contributed by atoms with Gasteiger partial charge in [-0.25, -0.2) is 4.98 Å². The molecule has 0 bridgehead atoms. The van der Waals surface area contributed by atoms with E-state index in [4.69, 9.17) is 5.26 Å². The van der Waals surface area contributed by atoms with Crippen molar-refractivity contribution >= 4 is 17.0 Å². The topological polar surface area (TPSA) is 53.6 Å². The van der Waals surface area contributed by atoms with Crippen LogP contribution < -0.4 is 5.32 Å². The van der Waals surface area contributed by atoms with E-state index >= 15 is 0 Å². The average Bonchev–Trinajstić information content (AvgIpc) is 3.17. The lowest BCUT2D eigenvalue weighted by atomic mass is 10.2. The first-order valence-electron chi connectivity index (χ1n) is 6.61. The molecule has 21 heavy (non-hydrogen) atoms. The first-order valence-corrected chi connectivity index (χ1v) is 7.42. The summed E-state index contributed by atoms with van der Waals surface area (Å²) in [4.78, 5) is 5.96. The highest BCUT2D eigenvalue weighted by Gasteiger charge is 2.01. The minimum Gasteiger partial charge on any atom is -0.380 e. The van der Waals surface area contributed by atoms with E-state index in [0.29, 0.717) is 0 Å². The predicted molar refractivity (Wildman–Crippen MR) is 84.1 cm³/mol. The van der Waals surface area contributed by atoms with Gasteiger partial charge in [0.2, 0.25) is 0 Å². The Hall–Kier alpha value is -2.58. The van der Waals surface area contributed by atoms with E-state index in [0.717, 1.165) is 28.5 Å². The van der Waals surface area contributed by atoms with Crippen molar-refractivity contribution in [1.29, 1.82) is 5.26 Å². The molecule has 0 aliphatic carbocycles. The van der Waals surface area contributed by atoms with Crippen LogP contribution in [0.3, 0.4) is 0 Å². The monoisotopic (exact) mass is 294 g/mol. The number of hydrogen-bond acceptors (Lipinski definition) is 4. The lowest BCUT2D eigenvalue weighted by molar-refractivity contribution is 0.797. The fourth-order valence-corrected chi connectivity index (χ4v) is 2.84. The molecule has 3 aromatic rings. The summed E-state index contributed by atoms with van der Waals surface area (Å²) in [6, 6.07) is 14.3. The maximum atomic E-state index is 8.83. The van der Waals surface area contributed by atoms with Gasteiger partial charge in [-0.1, -0.05) is 12.1 Å². The molecule has 1 N–H and O–H groups in total. The van der Waals surface area contributed by atoms with Gasteiger partial charge in [0.05, 0.1) is 6.33 Å². The van der Waals surface area contributed by atoms with Crippen molar-refractivity contribution in [1.82, 2.24) is 9.55 Å². The molecular weight excluding hydrogens is 280 g/mol. The third-order valence-electron chi connectivity index (χ3n) is 3.09. The summed E-state index contributed by atoms with van der Waals surface area (Å²) >= 11 is 1.52. The highest BCUT2D eigenvalue weighted by atomic mass is 32.1. The Labute approximate surface area is 127 Å². The van der Waals surface area contributed by atoms with Crippen molar-refractivity contribution in [3.63, 3.8) is 0 Å². The molecule has 0 aliphatic heterocycles. The maximum absolute atomic E-state index is 8.83. The van der Waals surface area contributed by atoms with Crippen LogP contribution >= 0.6 is 11.3 Å². The SMILES string of the molecule is N#Cc1ccc(CNc2cccc(Cn3ccnc3)c2)s1. The Balaban J connectivity index is 1.64. The number of aromatic nitrogens is 2. The standard InChI is InChI=1S/C16H14N4S/c17-9-15-4-5-16(21-15)10-19-14-3-1-2-13(8-14)11-20-7-6-18-12-20/h1-8,12,19H,10-11H2. The van der Waals surface area contributed by atoms with Crippen LogP contribution in [-0.2, 0) is 13.1 Å². The van der Waals surface area contributed by atoms with E-state index < -0.39 is 0 Å². The molecule has 0 amide bonds. The summed E-state index contributed by atoms with van der Waals surface area (Å²) < 4.78 is 2.04. The second kappa shape index (κ2) is 6.25. The first kappa shape index (κ1) is 13.4. The van der Waals surface area contributed by atoms with Crippen LogP contribution in [0.1, 0.15) is 15.3 Å². The van der Waals surface area contributed by atoms with Gasteiger partial charge in [0.15, 0.2) is 0 Å². The van der Waals surface area contributed by atoms with E-state index in [1.807, 2.05) is 35.3 Å². The van der Waals surface area contributed by atoms with Crippen LogP contribution in [0.25, 0.3) is 0 Å². The summed E-state index contributed by atoms with van der Waals surface area (Å²) in [6.45, 7) is 1.55. The molecule has 0 atom stereocenters. The minimum atomic E-state index is 0.737. The Morgan fingerprint density at radius 2 is 2.24 bits per heavy atom. The number of anilines is 1. The molecule has 0 aliphatic rings. The number of nitriles is 1. The van der Waals surface area contributed by atoms with Gasteiger partial charge in [-0.05, 0) is 29.8 Å². The molecule has 0 saturated heterocycles. The molecule has 2 heterocycles. The van der Waals surface area contributed by atoms with Crippen LogP contribution in [0.2, 0.25) is 0 Å². The Morgan fingerprint density at radius 1 is 1.29 bits per heavy atom. The minimum absolute atomic E-state index is 0.737. The van der Waals surface area contributed by atoms with Gasteiger partial charge in [-0.2, -0.15) is 5.26 Å². The normalized spacial score (nSPS) is 10.2. The molecule has 0 fully saturated rings. The zero-order chi connectivity index (χ0) is 14.5. The summed E-state index contributed by atoms with van der Waals surface area (Å²) in [6.07, 6.45) is 5.55. The van der Waals surface area contributed by atoms with Gasteiger partial charge < -0.3 is 9.88 Å². The van der Waals surface area contributed by atoms with Gasteiger partial charge >= 0.3 is 0 Å². The second-order valence-corrected chi connectivity index (χ2v) is 5.84. The van der Waals surface area contributed by atoms with Crippen LogP contribution in [-0.4, -0.2) is 9.55 Å². The van der Waals surface area contributed by atoms with E-state index in [2.05, 4.69) is 34.6 Å². The van der Waals surface area contributed by atoms with Crippen LogP contribution in [0.5, 0.6) is 0 Å². The van der Waals surface area contributed by atoms with Gasteiger partial charge in [-0.3, -0.25) is 0 Å². The number of nitrogens with one attached hydrogen (secondary N) is 1. The van der Waals surface area contributed by atoms with Gasteiger partial charge in [-0.15, -0.1) is 11.3 Å². The van der Waals surface area contributed by atoms with E-state index in [9.17, 15) is 0 Å². The van der Waals surface area contributed by atoms with Gasteiger partial charge in [0, 0.05) is 36.0 Å². The van der Waals surface area contributed by atoms with Crippen molar-refractivity contribution in [2.24, 2.45) is 0 Å². The smallest absolute Gasteiger partial charge is 0.110 e. The van der Waals surface area contributed by atoms with Crippen molar-refractivity contribution in [3.05, 3.63) is 70.4 Å². The third kappa shape index (κ3) is 3.50. The van der Waals surface area contributed by atoms with Crippen LogP contribution in [0.15, 0.2) is 55.1 Å². The van der Waals surface area contributed by atoms with E-state index in [-0.39, 0.29) is 0 Å². The first-order chi connectivity index (χ1) is 10.3. The molecule has 1 aromatic carbocycles. The summed E-state index contributed by atoms with van der Waals surface area (Å²) in [7, 11) is 0. The quantitative estimate of drug-likeness (QED) is 0.784. The molecular formula is C16H14N4S. The van der Waals surface area contributed by atoms with Crippen LogP contribution in [0, 0.1) is 11.3 Å². The number of rotatable bonds is 5. The lowest BCUT2D eigenvalue weighted by Crippen LogP contribution is -2.00. The molecule has 3 rings (SSSR count). The average molecular weight is 294 g/mol. The van der Waals surface area contributed by atoms with Crippen molar-refractivity contribution in [2.45, 2.75) is 13.1 Å². The summed E-state index contributed by atoms with van der Waals surface area (Å²) in [5.74, 6) is 0. The van der Waals surface area contributed by atoms with E-state index in [1.54, 1.807) is 6.20 Å². The van der Waals surface area contributed by atoms with Crippen molar-refractivity contribution < 1.29 is 0 Å². The molecule has 0 saturated carbocycles. The number of nitrogens with zero attached hydrogens (tertiary/aromatic N) is 3. The highest BCUT2D eigenvalue weighted by molar-refractivity contribution is 7.12. The molecule has 5 heteroatoms. The van der Waals surface area contributed by atoms with Gasteiger partial charge in [0.1, 0.15) is 10.9 Å². The Bertz CT molecular complexity index is 753. The number of hydrogen-bond donors (Lipinski definition) is 1. The maximum Gasteiger partial charge on any atom is 0.110 e. The molecule has 4 nitrogen and oxygen atoms in total. The summed E-state index contributed by atoms with van der Waals surface area (Å²) in [5, 5.41) is 12.2. The highest BCUT2D eigenvalue weighted by Crippen LogP contribution is 2.18. The van der Waals surface area contributed by atoms with Crippen LogP contribution in [0.4, 0.5) is 5.69 Å². The lowest BCUT2D eigenvalue weighted by Gasteiger charge is -2.08. The zero-order valence-electron chi connectivity index (χ0n) is 11.4. The molecule has 2 aromatic heterocycles.